The molecule has 0 saturated heterocycles. The third kappa shape index (κ3) is 3.32. The SMILES string of the molecule is Cn1nc(-c2ccccn2)cc1NC(=O)Cn1cc(-c2nccc3occc23)cn1. The maximum atomic E-state index is 12.5. The monoisotopic (exact) mass is 399 g/mol. The Hall–Kier alpha value is -4.27. The zero-order valence-corrected chi connectivity index (χ0v) is 16.1. The van der Waals surface area contributed by atoms with Gasteiger partial charge in [0, 0.05) is 42.7 Å². The van der Waals surface area contributed by atoms with Crippen LogP contribution in [0.1, 0.15) is 0 Å². The molecule has 5 aromatic heterocycles. The largest absolute Gasteiger partial charge is 0.464 e. The fourth-order valence-corrected chi connectivity index (χ4v) is 3.25. The molecular weight excluding hydrogens is 382 g/mol. The van der Waals surface area contributed by atoms with Crippen LogP contribution in [-0.4, -0.2) is 35.4 Å². The summed E-state index contributed by atoms with van der Waals surface area (Å²) in [4.78, 5) is 21.2. The Morgan fingerprint density at radius 1 is 1.13 bits per heavy atom. The van der Waals surface area contributed by atoms with Gasteiger partial charge >= 0.3 is 0 Å². The van der Waals surface area contributed by atoms with Crippen molar-refractivity contribution in [3.05, 3.63) is 67.4 Å². The number of rotatable bonds is 5. The molecule has 0 fully saturated rings. The van der Waals surface area contributed by atoms with Crippen molar-refractivity contribution in [3.8, 4) is 22.6 Å². The minimum atomic E-state index is -0.213. The lowest BCUT2D eigenvalue weighted by Gasteiger charge is -2.05. The molecule has 0 atom stereocenters. The normalized spacial score (nSPS) is 11.1. The van der Waals surface area contributed by atoms with E-state index >= 15 is 0 Å². The number of hydrogen-bond donors (Lipinski definition) is 1. The van der Waals surface area contributed by atoms with Crippen LogP contribution in [0.3, 0.4) is 0 Å². The van der Waals surface area contributed by atoms with Crippen molar-refractivity contribution in [2.45, 2.75) is 6.54 Å². The van der Waals surface area contributed by atoms with Gasteiger partial charge in [0.25, 0.3) is 0 Å². The van der Waals surface area contributed by atoms with E-state index in [0.717, 1.165) is 27.9 Å². The lowest BCUT2D eigenvalue weighted by molar-refractivity contribution is -0.116. The highest BCUT2D eigenvalue weighted by molar-refractivity contribution is 5.92. The summed E-state index contributed by atoms with van der Waals surface area (Å²) in [7, 11) is 1.77. The molecule has 0 bridgehead atoms. The van der Waals surface area contributed by atoms with Crippen LogP contribution in [0.25, 0.3) is 33.6 Å². The molecule has 0 aliphatic rings. The van der Waals surface area contributed by atoms with Crippen LogP contribution >= 0.6 is 0 Å². The molecule has 0 aliphatic heterocycles. The molecule has 5 rings (SSSR count). The van der Waals surface area contributed by atoms with Crippen molar-refractivity contribution in [3.63, 3.8) is 0 Å². The highest BCUT2D eigenvalue weighted by Crippen LogP contribution is 2.26. The molecule has 9 nitrogen and oxygen atoms in total. The highest BCUT2D eigenvalue weighted by atomic mass is 16.3. The summed E-state index contributed by atoms with van der Waals surface area (Å²) >= 11 is 0. The Bertz CT molecular complexity index is 1330. The number of aryl methyl sites for hydroxylation is 1. The second-order valence-electron chi connectivity index (χ2n) is 6.72. The number of anilines is 1. The van der Waals surface area contributed by atoms with Gasteiger partial charge in [0.2, 0.25) is 5.91 Å². The average molecular weight is 399 g/mol. The van der Waals surface area contributed by atoms with E-state index in [4.69, 9.17) is 4.42 Å². The molecule has 0 unspecified atom stereocenters. The first kappa shape index (κ1) is 17.8. The fraction of sp³-hybridized carbons (Fsp3) is 0.0952. The van der Waals surface area contributed by atoms with E-state index in [1.807, 2.05) is 30.3 Å². The number of pyridine rings is 2. The van der Waals surface area contributed by atoms with E-state index in [1.165, 1.54) is 0 Å². The lowest BCUT2D eigenvalue weighted by atomic mass is 10.1. The molecule has 0 spiro atoms. The molecule has 1 N–H and O–H groups in total. The Morgan fingerprint density at radius 2 is 2.07 bits per heavy atom. The number of nitrogens with zero attached hydrogens (tertiary/aromatic N) is 6. The van der Waals surface area contributed by atoms with Crippen LogP contribution in [-0.2, 0) is 18.4 Å². The second-order valence-corrected chi connectivity index (χ2v) is 6.72. The number of carbonyl (C=O) groups excluding carboxylic acids is 1. The molecule has 30 heavy (non-hydrogen) atoms. The van der Waals surface area contributed by atoms with Crippen LogP contribution in [0.4, 0.5) is 5.82 Å². The van der Waals surface area contributed by atoms with Gasteiger partial charge in [0.05, 0.1) is 23.8 Å². The molecule has 9 heteroatoms. The van der Waals surface area contributed by atoms with Crippen molar-refractivity contribution in [2.75, 3.05) is 5.32 Å². The van der Waals surface area contributed by atoms with Gasteiger partial charge < -0.3 is 9.73 Å². The van der Waals surface area contributed by atoms with Gasteiger partial charge in [-0.1, -0.05) is 6.07 Å². The van der Waals surface area contributed by atoms with E-state index in [2.05, 4.69) is 25.5 Å². The van der Waals surface area contributed by atoms with Gasteiger partial charge in [-0.2, -0.15) is 10.2 Å². The van der Waals surface area contributed by atoms with Crippen LogP contribution in [0, 0.1) is 0 Å². The highest BCUT2D eigenvalue weighted by Gasteiger charge is 2.13. The molecule has 148 valence electrons. The Balaban J connectivity index is 1.31. The number of furan rings is 1. The minimum Gasteiger partial charge on any atom is -0.464 e. The molecule has 0 saturated carbocycles. The topological polar surface area (TPSA) is 104 Å². The first-order valence-corrected chi connectivity index (χ1v) is 9.28. The Labute approximate surface area is 171 Å². The summed E-state index contributed by atoms with van der Waals surface area (Å²) in [6.45, 7) is 0.0610. The fourth-order valence-electron chi connectivity index (χ4n) is 3.25. The van der Waals surface area contributed by atoms with Gasteiger partial charge in [-0.05, 0) is 24.3 Å². The van der Waals surface area contributed by atoms with Gasteiger partial charge in [0.15, 0.2) is 0 Å². The average Bonchev–Trinajstić information content (AvgIpc) is 3.49. The van der Waals surface area contributed by atoms with Gasteiger partial charge in [-0.15, -0.1) is 0 Å². The second kappa shape index (κ2) is 7.28. The number of hydrogen-bond acceptors (Lipinski definition) is 6. The van der Waals surface area contributed by atoms with E-state index in [9.17, 15) is 4.79 Å². The molecule has 5 aromatic rings. The predicted octanol–water partition coefficient (Wildman–Crippen LogP) is 3.13. The van der Waals surface area contributed by atoms with E-state index in [-0.39, 0.29) is 12.5 Å². The number of fused-ring (bicyclic) bond motifs is 1. The van der Waals surface area contributed by atoms with Crippen molar-refractivity contribution < 1.29 is 9.21 Å². The summed E-state index contributed by atoms with van der Waals surface area (Å²) < 4.78 is 8.60. The molecule has 0 aliphatic carbocycles. The Kier molecular flexibility index (Phi) is 4.32. The number of carbonyl (C=O) groups is 1. The summed E-state index contributed by atoms with van der Waals surface area (Å²) in [5, 5.41) is 12.5. The van der Waals surface area contributed by atoms with E-state index in [0.29, 0.717) is 11.5 Å². The molecule has 5 heterocycles. The standard InChI is InChI=1S/C21H17N7O2/c1-27-19(10-17(26-27)16-4-2-3-7-22-16)25-20(29)13-28-12-14(11-24-28)21-15-6-9-30-18(15)5-8-23-21/h2-12H,13H2,1H3,(H,25,29). The number of aromatic nitrogens is 6. The van der Waals surface area contributed by atoms with Crippen LogP contribution in [0.15, 0.2) is 71.9 Å². The summed E-state index contributed by atoms with van der Waals surface area (Å²) in [5.41, 5.74) is 3.76. The maximum absolute atomic E-state index is 12.5. The van der Waals surface area contributed by atoms with E-state index < -0.39 is 0 Å². The van der Waals surface area contributed by atoms with Crippen molar-refractivity contribution in [1.29, 1.82) is 0 Å². The van der Waals surface area contributed by atoms with Gasteiger partial charge in [-0.3, -0.25) is 24.1 Å². The smallest absolute Gasteiger partial charge is 0.247 e. The maximum Gasteiger partial charge on any atom is 0.247 e. The van der Waals surface area contributed by atoms with Gasteiger partial charge in [-0.25, -0.2) is 0 Å². The number of nitrogens with one attached hydrogen (secondary N) is 1. The third-order valence-electron chi connectivity index (χ3n) is 4.67. The number of amides is 1. The predicted molar refractivity (Wildman–Crippen MR) is 110 cm³/mol. The first-order chi connectivity index (χ1) is 14.7. The Morgan fingerprint density at radius 3 is 2.93 bits per heavy atom. The van der Waals surface area contributed by atoms with E-state index in [1.54, 1.807) is 53.5 Å². The third-order valence-corrected chi connectivity index (χ3v) is 4.67. The van der Waals surface area contributed by atoms with Gasteiger partial charge in [0.1, 0.15) is 23.6 Å². The minimum absolute atomic E-state index is 0.0610. The molecular formula is C21H17N7O2. The molecule has 0 aromatic carbocycles. The summed E-state index contributed by atoms with van der Waals surface area (Å²) in [6.07, 6.45) is 8.49. The summed E-state index contributed by atoms with van der Waals surface area (Å²) in [6, 6.07) is 11.1. The zero-order chi connectivity index (χ0) is 20.5. The van der Waals surface area contributed by atoms with Crippen LogP contribution < -0.4 is 5.32 Å². The lowest BCUT2D eigenvalue weighted by Crippen LogP contribution is -2.20. The quantitative estimate of drug-likeness (QED) is 0.487. The van der Waals surface area contributed by atoms with Crippen LogP contribution in [0.2, 0.25) is 0 Å². The molecule has 1 amide bonds. The molecule has 0 radical (unpaired) electrons. The van der Waals surface area contributed by atoms with Crippen LogP contribution in [0.5, 0.6) is 0 Å². The first-order valence-electron chi connectivity index (χ1n) is 9.28. The van der Waals surface area contributed by atoms with Crippen molar-refractivity contribution >= 4 is 22.7 Å². The van der Waals surface area contributed by atoms with Crippen molar-refractivity contribution in [2.24, 2.45) is 7.05 Å². The zero-order valence-electron chi connectivity index (χ0n) is 16.1. The van der Waals surface area contributed by atoms with Crippen molar-refractivity contribution in [1.82, 2.24) is 29.5 Å². The summed E-state index contributed by atoms with van der Waals surface area (Å²) in [5.74, 6) is 0.368.